The Morgan fingerprint density at radius 1 is 1.50 bits per heavy atom. The van der Waals surface area contributed by atoms with Crippen molar-refractivity contribution in [3.05, 3.63) is 17.5 Å². The molecule has 0 saturated heterocycles. The van der Waals surface area contributed by atoms with E-state index >= 15 is 0 Å². The number of carboxylic acids is 1. The van der Waals surface area contributed by atoms with E-state index in [2.05, 4.69) is 10.4 Å². The molecule has 0 aromatic carbocycles. The minimum absolute atomic E-state index is 0.0467. The van der Waals surface area contributed by atoms with Crippen LogP contribution in [0, 0.1) is 0 Å². The largest absolute Gasteiger partial charge is 0.480 e. The van der Waals surface area contributed by atoms with E-state index in [-0.39, 0.29) is 18.5 Å². The second-order valence-electron chi connectivity index (χ2n) is 4.37. The second-order valence-corrected chi connectivity index (χ2v) is 4.37. The van der Waals surface area contributed by atoms with E-state index in [4.69, 9.17) is 10.8 Å². The summed E-state index contributed by atoms with van der Waals surface area (Å²) in [5, 5.41) is 15.5. The maximum atomic E-state index is 12.0. The van der Waals surface area contributed by atoms with Gasteiger partial charge in [0.1, 0.15) is 11.7 Å². The number of nitrogens with two attached hydrogens (primary N) is 1. The van der Waals surface area contributed by atoms with Gasteiger partial charge in [-0.15, -0.1) is 0 Å². The fourth-order valence-corrected chi connectivity index (χ4v) is 1.69. The van der Waals surface area contributed by atoms with Crippen molar-refractivity contribution in [2.45, 2.75) is 32.2 Å². The van der Waals surface area contributed by atoms with Crippen LogP contribution in [0.2, 0.25) is 0 Å². The Hall–Kier alpha value is -2.38. The maximum absolute atomic E-state index is 12.0. The molecule has 0 aliphatic carbocycles. The van der Waals surface area contributed by atoms with E-state index in [9.17, 15) is 14.4 Å². The van der Waals surface area contributed by atoms with Crippen molar-refractivity contribution in [3.8, 4) is 0 Å². The molecule has 2 amide bonds. The average molecular weight is 282 g/mol. The van der Waals surface area contributed by atoms with E-state index in [0.29, 0.717) is 6.42 Å². The molecule has 1 aromatic rings. The molecule has 1 unspecified atom stereocenters. The van der Waals surface area contributed by atoms with Gasteiger partial charge in [0, 0.05) is 13.5 Å². The molecule has 1 atom stereocenters. The molecule has 1 rings (SSSR count). The third kappa shape index (κ3) is 4.08. The van der Waals surface area contributed by atoms with Crippen molar-refractivity contribution in [3.63, 3.8) is 0 Å². The quantitative estimate of drug-likeness (QED) is 0.617. The van der Waals surface area contributed by atoms with E-state index in [1.807, 2.05) is 6.92 Å². The van der Waals surface area contributed by atoms with Crippen LogP contribution in [-0.4, -0.2) is 38.7 Å². The van der Waals surface area contributed by atoms with Gasteiger partial charge >= 0.3 is 5.97 Å². The molecule has 0 fully saturated rings. The first-order valence-electron chi connectivity index (χ1n) is 6.20. The summed E-state index contributed by atoms with van der Waals surface area (Å²) in [5.41, 5.74) is 5.98. The molecule has 1 aromatic heterocycles. The van der Waals surface area contributed by atoms with E-state index in [1.54, 1.807) is 13.1 Å². The van der Waals surface area contributed by atoms with Crippen LogP contribution in [0.5, 0.6) is 0 Å². The van der Waals surface area contributed by atoms with Gasteiger partial charge < -0.3 is 16.2 Å². The van der Waals surface area contributed by atoms with Crippen LogP contribution in [0.15, 0.2) is 6.07 Å². The number of nitrogens with one attached hydrogen (secondary N) is 1. The van der Waals surface area contributed by atoms with Crippen LogP contribution >= 0.6 is 0 Å². The van der Waals surface area contributed by atoms with E-state index in [0.717, 1.165) is 5.69 Å². The lowest BCUT2D eigenvalue weighted by Crippen LogP contribution is -2.42. The Kier molecular flexibility index (Phi) is 5.24. The SMILES string of the molecule is CCc1cc(C(=O)NC(CCC(N)=O)C(=O)O)n(C)n1. The molecule has 0 bridgehead atoms. The number of aromatic nitrogens is 2. The van der Waals surface area contributed by atoms with Crippen LogP contribution in [0.3, 0.4) is 0 Å². The van der Waals surface area contributed by atoms with Crippen LogP contribution in [-0.2, 0) is 23.1 Å². The standard InChI is InChI=1S/C12H18N4O4/c1-3-7-6-9(16(2)15-7)11(18)14-8(12(19)20)4-5-10(13)17/h6,8H,3-5H2,1-2H3,(H2,13,17)(H,14,18)(H,19,20). The number of carboxylic acid groups (broad SMARTS) is 1. The summed E-state index contributed by atoms with van der Waals surface area (Å²) in [6.45, 7) is 1.90. The summed E-state index contributed by atoms with van der Waals surface area (Å²) in [6.07, 6.45) is 0.517. The van der Waals surface area contributed by atoms with Gasteiger partial charge in [-0.1, -0.05) is 6.92 Å². The summed E-state index contributed by atoms with van der Waals surface area (Å²) in [6, 6.07) is 0.442. The van der Waals surface area contributed by atoms with Crippen molar-refractivity contribution < 1.29 is 19.5 Å². The number of amides is 2. The molecule has 1 heterocycles. The fourth-order valence-electron chi connectivity index (χ4n) is 1.69. The number of hydrogen-bond donors (Lipinski definition) is 3. The third-order valence-electron chi connectivity index (χ3n) is 2.81. The highest BCUT2D eigenvalue weighted by molar-refractivity contribution is 5.95. The Labute approximate surface area is 115 Å². The van der Waals surface area contributed by atoms with Crippen LogP contribution in [0.25, 0.3) is 0 Å². The monoisotopic (exact) mass is 282 g/mol. The van der Waals surface area contributed by atoms with Crippen molar-refractivity contribution in [1.82, 2.24) is 15.1 Å². The van der Waals surface area contributed by atoms with Gasteiger partial charge in [0.15, 0.2) is 0 Å². The normalized spacial score (nSPS) is 11.9. The van der Waals surface area contributed by atoms with Gasteiger partial charge in [-0.3, -0.25) is 14.3 Å². The van der Waals surface area contributed by atoms with Gasteiger partial charge in [-0.2, -0.15) is 5.10 Å². The highest BCUT2D eigenvalue weighted by Crippen LogP contribution is 2.05. The minimum Gasteiger partial charge on any atom is -0.480 e. The average Bonchev–Trinajstić information content (AvgIpc) is 2.75. The maximum Gasteiger partial charge on any atom is 0.326 e. The smallest absolute Gasteiger partial charge is 0.326 e. The van der Waals surface area contributed by atoms with Crippen molar-refractivity contribution in [1.29, 1.82) is 0 Å². The van der Waals surface area contributed by atoms with Crippen LogP contribution in [0.4, 0.5) is 0 Å². The predicted molar refractivity (Wildman–Crippen MR) is 69.9 cm³/mol. The molecule has 8 nitrogen and oxygen atoms in total. The highest BCUT2D eigenvalue weighted by atomic mass is 16.4. The third-order valence-corrected chi connectivity index (χ3v) is 2.81. The molecule has 4 N–H and O–H groups in total. The second kappa shape index (κ2) is 6.69. The van der Waals surface area contributed by atoms with Crippen molar-refractivity contribution >= 4 is 17.8 Å². The first-order valence-corrected chi connectivity index (χ1v) is 6.20. The molecule has 0 saturated carbocycles. The summed E-state index contributed by atoms with van der Waals surface area (Å²) >= 11 is 0. The lowest BCUT2D eigenvalue weighted by atomic mass is 10.1. The van der Waals surface area contributed by atoms with Crippen LogP contribution < -0.4 is 11.1 Å². The van der Waals surface area contributed by atoms with E-state index in [1.165, 1.54) is 4.68 Å². The van der Waals surface area contributed by atoms with E-state index < -0.39 is 23.8 Å². The summed E-state index contributed by atoms with van der Waals surface area (Å²) in [4.78, 5) is 33.7. The van der Waals surface area contributed by atoms with Gasteiger partial charge in [-0.25, -0.2) is 4.79 Å². The molecule has 0 aliphatic heterocycles. The molecular formula is C12H18N4O4. The molecule has 8 heteroatoms. The van der Waals surface area contributed by atoms with Gasteiger partial charge in [0.2, 0.25) is 5.91 Å². The zero-order valence-corrected chi connectivity index (χ0v) is 11.4. The number of nitrogens with zero attached hydrogens (tertiary/aromatic N) is 2. The molecular weight excluding hydrogens is 264 g/mol. The Bertz CT molecular complexity index is 524. The number of carbonyl (C=O) groups excluding carboxylic acids is 2. The highest BCUT2D eigenvalue weighted by Gasteiger charge is 2.23. The Morgan fingerprint density at radius 2 is 2.15 bits per heavy atom. The number of primary amides is 1. The summed E-state index contributed by atoms with van der Waals surface area (Å²) in [5.74, 6) is -2.37. The molecule has 20 heavy (non-hydrogen) atoms. The number of hydrogen-bond acceptors (Lipinski definition) is 4. The molecule has 0 radical (unpaired) electrons. The zero-order chi connectivity index (χ0) is 15.3. The number of rotatable bonds is 7. The van der Waals surface area contributed by atoms with Crippen LogP contribution in [0.1, 0.15) is 35.9 Å². The van der Waals surface area contributed by atoms with Gasteiger partial charge in [0.25, 0.3) is 5.91 Å². The molecule has 0 aliphatic rings. The minimum atomic E-state index is -1.21. The molecule has 0 spiro atoms. The fraction of sp³-hybridized carbons (Fsp3) is 0.500. The Balaban J connectivity index is 2.77. The van der Waals surface area contributed by atoms with Crippen molar-refractivity contribution in [2.75, 3.05) is 0 Å². The summed E-state index contributed by atoms with van der Waals surface area (Å²) in [7, 11) is 1.60. The molecule has 110 valence electrons. The lowest BCUT2D eigenvalue weighted by Gasteiger charge is -2.13. The number of aryl methyl sites for hydroxylation is 2. The van der Waals surface area contributed by atoms with Crippen molar-refractivity contribution in [2.24, 2.45) is 12.8 Å². The number of carbonyl (C=O) groups is 3. The first kappa shape index (κ1) is 15.7. The van der Waals surface area contributed by atoms with Gasteiger partial charge in [-0.05, 0) is 18.9 Å². The lowest BCUT2D eigenvalue weighted by molar-refractivity contribution is -0.139. The number of aliphatic carboxylic acids is 1. The van der Waals surface area contributed by atoms with Gasteiger partial charge in [0.05, 0.1) is 5.69 Å². The first-order chi connectivity index (χ1) is 9.35. The summed E-state index contributed by atoms with van der Waals surface area (Å²) < 4.78 is 1.39. The topological polar surface area (TPSA) is 127 Å². The predicted octanol–water partition coefficient (Wildman–Crippen LogP) is -0.569. The zero-order valence-electron chi connectivity index (χ0n) is 11.4. The Morgan fingerprint density at radius 3 is 2.60 bits per heavy atom.